The van der Waals surface area contributed by atoms with Gasteiger partial charge < -0.3 is 14.8 Å². The molecule has 2 aromatic rings. The van der Waals surface area contributed by atoms with E-state index in [4.69, 9.17) is 21.1 Å². The van der Waals surface area contributed by atoms with Crippen molar-refractivity contribution in [3.05, 3.63) is 28.9 Å². The lowest BCUT2D eigenvalue weighted by molar-refractivity contribution is 0.355. The Morgan fingerprint density at radius 3 is 2.45 bits per heavy atom. The number of methoxy groups -OCH3 is 2. The van der Waals surface area contributed by atoms with E-state index >= 15 is 0 Å². The van der Waals surface area contributed by atoms with E-state index in [2.05, 4.69) is 15.3 Å². The van der Waals surface area contributed by atoms with Gasteiger partial charge in [0.1, 0.15) is 5.82 Å². The smallest absolute Gasteiger partial charge is 0.179 e. The van der Waals surface area contributed by atoms with Crippen molar-refractivity contribution in [1.82, 2.24) is 9.97 Å². The minimum absolute atomic E-state index is 0.456. The van der Waals surface area contributed by atoms with Gasteiger partial charge in [0.05, 0.1) is 19.2 Å². The van der Waals surface area contributed by atoms with Gasteiger partial charge in [-0.05, 0) is 19.1 Å². The lowest BCUT2D eigenvalue weighted by Crippen LogP contribution is -1.99. The summed E-state index contributed by atoms with van der Waals surface area (Å²) < 4.78 is 10.5. The first-order valence-corrected chi connectivity index (χ1v) is 6.42. The first-order valence-electron chi connectivity index (χ1n) is 6.04. The van der Waals surface area contributed by atoms with Crippen LogP contribution in [-0.2, 0) is 0 Å². The Morgan fingerprint density at radius 2 is 1.85 bits per heavy atom. The fraction of sp³-hybridized carbons (Fsp3) is 0.286. The third-order valence-electron chi connectivity index (χ3n) is 2.80. The quantitative estimate of drug-likeness (QED) is 0.938. The van der Waals surface area contributed by atoms with Gasteiger partial charge >= 0.3 is 0 Å². The predicted octanol–water partition coefficient (Wildman–Crippen LogP) is 3.16. The molecule has 6 heteroatoms. The maximum atomic E-state index is 6.20. The molecule has 20 heavy (non-hydrogen) atoms. The van der Waals surface area contributed by atoms with Gasteiger partial charge in [0.25, 0.3) is 0 Å². The van der Waals surface area contributed by atoms with Crippen LogP contribution < -0.4 is 14.8 Å². The van der Waals surface area contributed by atoms with Crippen LogP contribution in [0.3, 0.4) is 0 Å². The van der Waals surface area contributed by atoms with E-state index in [9.17, 15) is 0 Å². The van der Waals surface area contributed by atoms with Gasteiger partial charge in [0.2, 0.25) is 0 Å². The fourth-order valence-electron chi connectivity index (χ4n) is 1.87. The summed E-state index contributed by atoms with van der Waals surface area (Å²) in [7, 11) is 4.92. The lowest BCUT2D eigenvalue weighted by atomic mass is 10.2. The number of anilines is 1. The molecular formula is C14H16ClN3O2. The summed E-state index contributed by atoms with van der Waals surface area (Å²) in [6.07, 6.45) is 0. The molecule has 0 aliphatic carbocycles. The normalized spacial score (nSPS) is 10.2. The average molecular weight is 294 g/mol. The van der Waals surface area contributed by atoms with Gasteiger partial charge in [-0.1, -0.05) is 11.6 Å². The van der Waals surface area contributed by atoms with Crippen molar-refractivity contribution >= 4 is 17.4 Å². The van der Waals surface area contributed by atoms with Gasteiger partial charge in [0.15, 0.2) is 17.3 Å². The van der Waals surface area contributed by atoms with Crippen molar-refractivity contribution in [2.45, 2.75) is 6.92 Å². The van der Waals surface area contributed by atoms with E-state index in [1.54, 1.807) is 26.4 Å². The minimum Gasteiger partial charge on any atom is -0.493 e. The van der Waals surface area contributed by atoms with Gasteiger partial charge in [-0.3, -0.25) is 0 Å². The summed E-state index contributed by atoms with van der Waals surface area (Å²) in [5.41, 5.74) is 1.64. The first kappa shape index (κ1) is 14.4. The fourth-order valence-corrected chi connectivity index (χ4v) is 2.16. The molecule has 0 spiro atoms. The zero-order valence-corrected chi connectivity index (χ0v) is 12.6. The molecule has 0 aliphatic rings. The van der Waals surface area contributed by atoms with Crippen LogP contribution in [0.1, 0.15) is 5.69 Å². The Bertz CT molecular complexity index is 632. The number of hydrogen-bond donors (Lipinski definition) is 1. The number of hydrogen-bond acceptors (Lipinski definition) is 5. The molecule has 2 rings (SSSR count). The second-order valence-electron chi connectivity index (χ2n) is 4.16. The molecule has 0 aliphatic heterocycles. The molecule has 1 N–H and O–H groups in total. The molecule has 1 aromatic carbocycles. The first-order chi connectivity index (χ1) is 9.58. The number of benzene rings is 1. The number of nitrogens with zero attached hydrogens (tertiary/aromatic N) is 2. The van der Waals surface area contributed by atoms with Crippen LogP contribution in [0, 0.1) is 6.92 Å². The summed E-state index contributed by atoms with van der Waals surface area (Å²) in [6.45, 7) is 1.91. The number of ether oxygens (including phenoxy) is 2. The Labute approximate surface area is 122 Å². The van der Waals surface area contributed by atoms with Crippen LogP contribution in [0.5, 0.6) is 11.5 Å². The highest BCUT2D eigenvalue weighted by Crippen LogP contribution is 2.38. The SMILES string of the molecule is CNc1cc(C)nc(-c2cc(Cl)c(OC)c(OC)c2)n1. The average Bonchev–Trinajstić information content (AvgIpc) is 2.45. The van der Waals surface area contributed by atoms with Crippen LogP contribution in [-0.4, -0.2) is 31.2 Å². The standard InChI is InChI=1S/C14H16ClN3O2/c1-8-5-12(16-2)18-14(17-8)9-6-10(15)13(20-4)11(7-9)19-3/h5-7H,1-4H3,(H,16,17,18). The largest absolute Gasteiger partial charge is 0.493 e. The highest BCUT2D eigenvalue weighted by Gasteiger charge is 2.14. The maximum absolute atomic E-state index is 6.20. The molecule has 1 heterocycles. The molecule has 0 saturated carbocycles. The summed E-state index contributed by atoms with van der Waals surface area (Å²) in [5.74, 6) is 2.38. The topological polar surface area (TPSA) is 56.3 Å². The molecule has 106 valence electrons. The summed E-state index contributed by atoms with van der Waals surface area (Å²) in [6, 6.07) is 5.43. The Kier molecular flexibility index (Phi) is 4.29. The van der Waals surface area contributed by atoms with Gasteiger partial charge in [-0.15, -0.1) is 0 Å². The monoisotopic (exact) mass is 293 g/mol. The molecule has 0 bridgehead atoms. The van der Waals surface area contributed by atoms with Crippen molar-refractivity contribution < 1.29 is 9.47 Å². The predicted molar refractivity (Wildman–Crippen MR) is 79.9 cm³/mol. The molecule has 5 nitrogen and oxygen atoms in total. The Balaban J connectivity index is 2.58. The van der Waals surface area contributed by atoms with Crippen molar-refractivity contribution in [3.8, 4) is 22.9 Å². The van der Waals surface area contributed by atoms with E-state index in [1.807, 2.05) is 20.0 Å². The van der Waals surface area contributed by atoms with E-state index < -0.39 is 0 Å². The number of aryl methyl sites for hydroxylation is 1. The van der Waals surface area contributed by atoms with E-state index in [0.717, 1.165) is 17.1 Å². The zero-order valence-electron chi connectivity index (χ0n) is 11.8. The van der Waals surface area contributed by atoms with Gasteiger partial charge in [-0.2, -0.15) is 0 Å². The minimum atomic E-state index is 0.456. The van der Waals surface area contributed by atoms with Crippen LogP contribution in [0.4, 0.5) is 5.82 Å². The molecule has 0 amide bonds. The molecule has 0 radical (unpaired) electrons. The molecule has 0 fully saturated rings. The second-order valence-corrected chi connectivity index (χ2v) is 4.57. The number of halogens is 1. The zero-order chi connectivity index (χ0) is 14.7. The van der Waals surface area contributed by atoms with E-state index in [1.165, 1.54) is 0 Å². The van der Waals surface area contributed by atoms with Crippen molar-refractivity contribution in [1.29, 1.82) is 0 Å². The van der Waals surface area contributed by atoms with Gasteiger partial charge in [0, 0.05) is 24.4 Å². The summed E-state index contributed by atoms with van der Waals surface area (Å²) in [4.78, 5) is 8.84. The van der Waals surface area contributed by atoms with Gasteiger partial charge in [-0.25, -0.2) is 9.97 Å². The van der Waals surface area contributed by atoms with Crippen LogP contribution in [0.25, 0.3) is 11.4 Å². The Hall–Kier alpha value is -2.01. The molecular weight excluding hydrogens is 278 g/mol. The third-order valence-corrected chi connectivity index (χ3v) is 3.08. The molecule has 0 unspecified atom stereocenters. The highest BCUT2D eigenvalue weighted by atomic mass is 35.5. The molecule has 0 atom stereocenters. The maximum Gasteiger partial charge on any atom is 0.179 e. The van der Waals surface area contributed by atoms with Crippen LogP contribution >= 0.6 is 11.6 Å². The van der Waals surface area contributed by atoms with Crippen molar-refractivity contribution in [2.24, 2.45) is 0 Å². The van der Waals surface area contributed by atoms with Crippen molar-refractivity contribution in [3.63, 3.8) is 0 Å². The summed E-state index contributed by atoms with van der Waals surface area (Å²) in [5, 5.41) is 3.46. The number of aromatic nitrogens is 2. The van der Waals surface area contributed by atoms with E-state index in [-0.39, 0.29) is 0 Å². The van der Waals surface area contributed by atoms with E-state index in [0.29, 0.717) is 22.3 Å². The number of rotatable bonds is 4. The third kappa shape index (κ3) is 2.77. The Morgan fingerprint density at radius 1 is 1.10 bits per heavy atom. The number of nitrogens with one attached hydrogen (secondary N) is 1. The second kappa shape index (κ2) is 5.96. The van der Waals surface area contributed by atoms with Crippen LogP contribution in [0.2, 0.25) is 5.02 Å². The lowest BCUT2D eigenvalue weighted by Gasteiger charge is -2.12. The summed E-state index contributed by atoms with van der Waals surface area (Å²) >= 11 is 6.20. The highest BCUT2D eigenvalue weighted by molar-refractivity contribution is 6.32. The molecule has 0 saturated heterocycles. The molecule has 1 aromatic heterocycles. The van der Waals surface area contributed by atoms with Crippen molar-refractivity contribution in [2.75, 3.05) is 26.6 Å². The van der Waals surface area contributed by atoms with Crippen LogP contribution in [0.15, 0.2) is 18.2 Å².